The largest absolute Gasteiger partial charge is 0.310 e. The van der Waals surface area contributed by atoms with E-state index in [4.69, 9.17) is 0 Å². The van der Waals surface area contributed by atoms with Crippen molar-refractivity contribution in [1.82, 2.24) is 10.2 Å². The standard InChI is InChI=1S/C12H24N2O/c1-9(2)12(15)11(13-3)10-5-7-14(4)8-6-10/h9-11,13H,5-8H2,1-4H3. The number of likely N-dealkylation sites (N-methyl/N-ethyl adjacent to an activating group) is 1. The molecule has 1 N–H and O–H groups in total. The Labute approximate surface area is 93.2 Å². The fraction of sp³-hybridized carbons (Fsp3) is 0.917. The molecule has 0 aliphatic carbocycles. The molecule has 15 heavy (non-hydrogen) atoms. The molecule has 1 saturated heterocycles. The number of carbonyl (C=O) groups is 1. The monoisotopic (exact) mass is 212 g/mol. The van der Waals surface area contributed by atoms with Gasteiger partial charge in [-0.25, -0.2) is 0 Å². The minimum absolute atomic E-state index is 0.0682. The van der Waals surface area contributed by atoms with Crippen molar-refractivity contribution >= 4 is 5.78 Å². The molecule has 0 aromatic heterocycles. The number of hydrogen-bond acceptors (Lipinski definition) is 3. The third kappa shape index (κ3) is 3.28. The van der Waals surface area contributed by atoms with Crippen molar-refractivity contribution in [3.8, 4) is 0 Å². The highest BCUT2D eigenvalue weighted by Gasteiger charge is 2.30. The summed E-state index contributed by atoms with van der Waals surface area (Å²) in [6.07, 6.45) is 2.28. The number of ketones is 1. The van der Waals surface area contributed by atoms with Crippen molar-refractivity contribution in [2.75, 3.05) is 27.2 Å². The molecule has 1 aliphatic rings. The van der Waals surface area contributed by atoms with Crippen molar-refractivity contribution in [2.24, 2.45) is 11.8 Å². The zero-order valence-electron chi connectivity index (χ0n) is 10.4. The second kappa shape index (κ2) is 5.61. The number of likely N-dealkylation sites (tertiary alicyclic amines) is 1. The van der Waals surface area contributed by atoms with Gasteiger partial charge >= 0.3 is 0 Å². The van der Waals surface area contributed by atoms with Gasteiger partial charge in [-0.3, -0.25) is 4.79 Å². The predicted octanol–water partition coefficient (Wildman–Crippen LogP) is 1.14. The summed E-state index contributed by atoms with van der Waals surface area (Å²) < 4.78 is 0. The molecule has 0 radical (unpaired) electrons. The highest BCUT2D eigenvalue weighted by Crippen LogP contribution is 2.21. The van der Waals surface area contributed by atoms with Crippen LogP contribution in [0, 0.1) is 11.8 Å². The number of nitrogens with zero attached hydrogens (tertiary/aromatic N) is 1. The first-order valence-electron chi connectivity index (χ1n) is 5.95. The lowest BCUT2D eigenvalue weighted by Gasteiger charge is -2.34. The molecule has 0 aromatic carbocycles. The van der Waals surface area contributed by atoms with E-state index in [1.165, 1.54) is 0 Å². The molecular formula is C12H24N2O. The lowest BCUT2D eigenvalue weighted by atomic mass is 9.84. The van der Waals surface area contributed by atoms with Gasteiger partial charge in [0.1, 0.15) is 0 Å². The maximum atomic E-state index is 12.0. The maximum Gasteiger partial charge on any atom is 0.152 e. The molecule has 88 valence electrons. The van der Waals surface area contributed by atoms with Crippen LogP contribution in [0.2, 0.25) is 0 Å². The molecule has 1 heterocycles. The third-order valence-electron chi connectivity index (χ3n) is 3.42. The van der Waals surface area contributed by atoms with Gasteiger partial charge in [0.05, 0.1) is 6.04 Å². The van der Waals surface area contributed by atoms with E-state index in [9.17, 15) is 4.79 Å². The lowest BCUT2D eigenvalue weighted by molar-refractivity contribution is -0.125. The molecule has 0 bridgehead atoms. The van der Waals surface area contributed by atoms with E-state index >= 15 is 0 Å². The maximum absolute atomic E-state index is 12.0. The van der Waals surface area contributed by atoms with E-state index in [0.717, 1.165) is 25.9 Å². The summed E-state index contributed by atoms with van der Waals surface area (Å²) in [6.45, 7) is 6.21. The Kier molecular flexibility index (Phi) is 4.74. The highest BCUT2D eigenvalue weighted by atomic mass is 16.1. The summed E-state index contributed by atoms with van der Waals surface area (Å²) in [5.74, 6) is 1.04. The van der Waals surface area contributed by atoms with Gasteiger partial charge in [-0.2, -0.15) is 0 Å². The van der Waals surface area contributed by atoms with Crippen LogP contribution in [0.5, 0.6) is 0 Å². The summed E-state index contributed by atoms with van der Waals surface area (Å²) in [5, 5.41) is 3.20. The Morgan fingerprint density at radius 2 is 1.87 bits per heavy atom. The van der Waals surface area contributed by atoms with E-state index in [2.05, 4.69) is 17.3 Å². The normalized spacial score (nSPS) is 21.9. The Bertz CT molecular complexity index is 208. The third-order valence-corrected chi connectivity index (χ3v) is 3.42. The number of piperidine rings is 1. The second-order valence-corrected chi connectivity index (χ2v) is 4.96. The first-order chi connectivity index (χ1) is 7.06. The van der Waals surface area contributed by atoms with Crippen molar-refractivity contribution in [3.05, 3.63) is 0 Å². The Balaban J connectivity index is 2.55. The minimum atomic E-state index is 0.0682. The fourth-order valence-corrected chi connectivity index (χ4v) is 2.33. The van der Waals surface area contributed by atoms with Gasteiger partial charge in [-0.05, 0) is 45.9 Å². The summed E-state index contributed by atoms with van der Waals surface area (Å²) >= 11 is 0. The molecule has 1 rings (SSSR count). The highest BCUT2D eigenvalue weighted by molar-refractivity contribution is 5.86. The van der Waals surface area contributed by atoms with Crippen LogP contribution in [0.25, 0.3) is 0 Å². The molecule has 1 atom stereocenters. The van der Waals surface area contributed by atoms with E-state index in [0.29, 0.717) is 11.7 Å². The van der Waals surface area contributed by atoms with Crippen LogP contribution in [0.3, 0.4) is 0 Å². The van der Waals surface area contributed by atoms with E-state index in [-0.39, 0.29) is 12.0 Å². The Morgan fingerprint density at radius 1 is 1.33 bits per heavy atom. The molecule has 0 saturated carbocycles. The smallest absolute Gasteiger partial charge is 0.152 e. The Hall–Kier alpha value is -0.410. The van der Waals surface area contributed by atoms with Crippen LogP contribution in [0.1, 0.15) is 26.7 Å². The van der Waals surface area contributed by atoms with E-state index in [1.807, 2.05) is 20.9 Å². The average Bonchev–Trinajstić information content (AvgIpc) is 2.21. The number of carbonyl (C=O) groups excluding carboxylic acids is 1. The van der Waals surface area contributed by atoms with Crippen LogP contribution in [0.4, 0.5) is 0 Å². The van der Waals surface area contributed by atoms with Gasteiger partial charge in [-0.15, -0.1) is 0 Å². The molecule has 0 amide bonds. The molecule has 3 heteroatoms. The molecule has 1 unspecified atom stereocenters. The van der Waals surface area contributed by atoms with Gasteiger partial charge in [0.15, 0.2) is 5.78 Å². The summed E-state index contributed by atoms with van der Waals surface area (Å²) in [6, 6.07) is 0.0682. The number of hydrogen-bond donors (Lipinski definition) is 1. The van der Waals surface area contributed by atoms with Crippen molar-refractivity contribution in [2.45, 2.75) is 32.7 Å². The van der Waals surface area contributed by atoms with Crippen molar-refractivity contribution in [1.29, 1.82) is 0 Å². The van der Waals surface area contributed by atoms with Crippen LogP contribution in [0.15, 0.2) is 0 Å². The van der Waals surface area contributed by atoms with Crippen molar-refractivity contribution in [3.63, 3.8) is 0 Å². The number of nitrogens with one attached hydrogen (secondary N) is 1. The summed E-state index contributed by atoms with van der Waals surface area (Å²) in [4.78, 5) is 14.3. The van der Waals surface area contributed by atoms with Crippen LogP contribution >= 0.6 is 0 Å². The van der Waals surface area contributed by atoms with Crippen LogP contribution < -0.4 is 5.32 Å². The molecule has 1 aliphatic heterocycles. The van der Waals surface area contributed by atoms with Gasteiger partial charge in [-0.1, -0.05) is 13.8 Å². The van der Waals surface area contributed by atoms with Gasteiger partial charge in [0, 0.05) is 5.92 Å². The van der Waals surface area contributed by atoms with E-state index in [1.54, 1.807) is 0 Å². The van der Waals surface area contributed by atoms with E-state index < -0.39 is 0 Å². The molecular weight excluding hydrogens is 188 g/mol. The molecule has 1 fully saturated rings. The van der Waals surface area contributed by atoms with Crippen LogP contribution in [-0.2, 0) is 4.79 Å². The summed E-state index contributed by atoms with van der Waals surface area (Å²) in [7, 11) is 4.05. The molecule has 3 nitrogen and oxygen atoms in total. The van der Waals surface area contributed by atoms with Gasteiger partial charge in [0.2, 0.25) is 0 Å². The SMILES string of the molecule is CNC(C(=O)C(C)C)C1CCN(C)CC1. The minimum Gasteiger partial charge on any atom is -0.310 e. The fourth-order valence-electron chi connectivity index (χ4n) is 2.33. The molecule has 0 spiro atoms. The van der Waals surface area contributed by atoms with Crippen LogP contribution in [-0.4, -0.2) is 43.9 Å². The predicted molar refractivity (Wildman–Crippen MR) is 62.9 cm³/mol. The zero-order chi connectivity index (χ0) is 11.4. The second-order valence-electron chi connectivity index (χ2n) is 4.96. The topological polar surface area (TPSA) is 32.3 Å². The summed E-state index contributed by atoms with van der Waals surface area (Å²) in [5.41, 5.74) is 0. The quantitative estimate of drug-likeness (QED) is 0.758. The number of Topliss-reactive ketones (excluding diaryl/α,β-unsaturated/α-hetero) is 1. The lowest BCUT2D eigenvalue weighted by Crippen LogP contribution is -2.47. The number of rotatable bonds is 4. The first kappa shape index (κ1) is 12.7. The average molecular weight is 212 g/mol. The first-order valence-corrected chi connectivity index (χ1v) is 5.95. The van der Waals surface area contributed by atoms with Gasteiger partial charge in [0.25, 0.3) is 0 Å². The zero-order valence-corrected chi connectivity index (χ0v) is 10.4. The van der Waals surface area contributed by atoms with Crippen molar-refractivity contribution < 1.29 is 4.79 Å². The van der Waals surface area contributed by atoms with Gasteiger partial charge < -0.3 is 10.2 Å². The Morgan fingerprint density at radius 3 is 2.27 bits per heavy atom. The molecule has 0 aromatic rings.